The lowest BCUT2D eigenvalue weighted by atomic mass is 9.98. The summed E-state index contributed by atoms with van der Waals surface area (Å²) in [6.07, 6.45) is 28.8. The number of rotatable bonds is 26. The zero-order valence-electron chi connectivity index (χ0n) is 30.7. The molecule has 0 aliphatic carbocycles. The van der Waals surface area contributed by atoms with Gasteiger partial charge >= 0.3 is 0 Å². The second kappa shape index (κ2) is 22.0. The first-order valence-electron chi connectivity index (χ1n) is 19.7. The normalized spacial score (nSPS) is 12.5. The molecule has 0 amide bonds. The molecule has 4 nitrogen and oxygen atoms in total. The van der Waals surface area contributed by atoms with Gasteiger partial charge in [-0.05, 0) is 61.6 Å². The Hall–Kier alpha value is -2.89. The number of unbranched alkanes of at least 4 members (excludes halogenated alkanes) is 17. The van der Waals surface area contributed by atoms with Crippen molar-refractivity contribution >= 4 is 20.9 Å². The first-order valence-corrected chi connectivity index (χ1v) is 21.2. The molecule has 0 fully saturated rings. The van der Waals surface area contributed by atoms with Gasteiger partial charge in [-0.25, -0.2) is 13.1 Å². The summed E-state index contributed by atoms with van der Waals surface area (Å²) in [6, 6.07) is 25.5. The Kier molecular flexibility index (Phi) is 17.5. The van der Waals surface area contributed by atoms with Gasteiger partial charge in [0.05, 0.1) is 4.90 Å². The highest BCUT2D eigenvalue weighted by molar-refractivity contribution is 7.89. The van der Waals surface area contributed by atoms with E-state index >= 15 is 0 Å². The van der Waals surface area contributed by atoms with Crippen molar-refractivity contribution in [2.75, 3.05) is 0 Å². The molecule has 4 aromatic rings. The largest absolute Gasteiger partial charge is 0.347 e. The van der Waals surface area contributed by atoms with Crippen LogP contribution < -0.4 is 4.72 Å². The predicted octanol–water partition coefficient (Wildman–Crippen LogP) is 12.6. The molecule has 0 aliphatic rings. The fraction of sp³-hybridized carbons (Fsp3) is 0.545. The maximum absolute atomic E-state index is 13.3. The molecular formula is C44H64N2O2S. The van der Waals surface area contributed by atoms with Gasteiger partial charge in [-0.1, -0.05) is 176 Å². The summed E-state index contributed by atoms with van der Waals surface area (Å²) in [7, 11) is -3.65. The Morgan fingerprint density at radius 3 is 1.73 bits per heavy atom. The van der Waals surface area contributed by atoms with E-state index in [9.17, 15) is 8.42 Å². The average molecular weight is 685 g/mol. The molecule has 0 saturated carbocycles. The van der Waals surface area contributed by atoms with Gasteiger partial charge < -0.3 is 4.57 Å². The summed E-state index contributed by atoms with van der Waals surface area (Å²) in [5, 5.41) is 1.28. The van der Waals surface area contributed by atoms with Crippen molar-refractivity contribution < 1.29 is 8.42 Å². The SMILES string of the molecule is CCCCCCCCCCCCCCCCCCCCn1ccc2c(CCC(NS(=O)(=O)c3ccc(C)cc3)c3ccccc3)cccc21. The highest BCUT2D eigenvalue weighted by Gasteiger charge is 2.22. The number of aryl methyl sites for hydroxylation is 3. The smallest absolute Gasteiger partial charge is 0.241 e. The molecular weight excluding hydrogens is 621 g/mol. The van der Waals surface area contributed by atoms with Crippen LogP contribution in [0.1, 0.15) is 152 Å². The van der Waals surface area contributed by atoms with E-state index in [1.165, 1.54) is 132 Å². The fourth-order valence-corrected chi connectivity index (χ4v) is 8.39. The standard InChI is InChI=1S/C44H64N2O2S/c1-3-4-5-6-7-8-9-10-11-12-13-14-15-16-17-18-19-23-36-46-37-35-42-39(27-24-28-44(42)46)31-34-43(40-25-21-20-22-26-40)45-49(47,48)41-32-29-38(2)30-33-41/h20-22,24-30,32-33,35,37,43,45H,3-19,23,31,34,36H2,1-2H3. The molecule has 5 heteroatoms. The molecule has 0 radical (unpaired) electrons. The highest BCUT2D eigenvalue weighted by Crippen LogP contribution is 2.27. The monoisotopic (exact) mass is 684 g/mol. The minimum atomic E-state index is -3.65. The molecule has 1 atom stereocenters. The summed E-state index contributed by atoms with van der Waals surface area (Å²) in [5.74, 6) is 0. The lowest BCUT2D eigenvalue weighted by molar-refractivity contribution is 0.520. The Morgan fingerprint density at radius 1 is 0.612 bits per heavy atom. The quantitative estimate of drug-likeness (QED) is 0.0669. The van der Waals surface area contributed by atoms with E-state index in [1.807, 2.05) is 49.4 Å². The van der Waals surface area contributed by atoms with Gasteiger partial charge in [-0.2, -0.15) is 0 Å². The number of hydrogen-bond donors (Lipinski definition) is 1. The number of benzene rings is 3. The van der Waals surface area contributed by atoms with Crippen LogP contribution in [0.15, 0.2) is 90.0 Å². The van der Waals surface area contributed by atoms with E-state index < -0.39 is 10.0 Å². The van der Waals surface area contributed by atoms with Gasteiger partial charge in [0.15, 0.2) is 0 Å². The van der Waals surface area contributed by atoms with E-state index in [2.05, 4.69) is 46.7 Å². The Morgan fingerprint density at radius 2 is 1.16 bits per heavy atom. The van der Waals surface area contributed by atoms with Crippen LogP contribution in [0.4, 0.5) is 0 Å². The molecule has 0 spiro atoms. The van der Waals surface area contributed by atoms with Gasteiger partial charge in [0.2, 0.25) is 10.0 Å². The predicted molar refractivity (Wildman–Crippen MR) is 210 cm³/mol. The Balaban J connectivity index is 1.15. The van der Waals surface area contributed by atoms with Crippen molar-refractivity contribution in [3.8, 4) is 0 Å². The van der Waals surface area contributed by atoms with Gasteiger partial charge in [0.1, 0.15) is 0 Å². The zero-order valence-corrected chi connectivity index (χ0v) is 31.5. The summed E-state index contributed by atoms with van der Waals surface area (Å²) >= 11 is 0. The second-order valence-electron chi connectivity index (χ2n) is 14.3. The van der Waals surface area contributed by atoms with Crippen molar-refractivity contribution in [3.05, 3.63) is 102 Å². The molecule has 1 N–H and O–H groups in total. The molecule has 0 saturated heterocycles. The van der Waals surface area contributed by atoms with Gasteiger partial charge in [-0.3, -0.25) is 0 Å². The highest BCUT2D eigenvalue weighted by atomic mass is 32.2. The molecule has 3 aromatic carbocycles. The average Bonchev–Trinajstić information content (AvgIpc) is 3.53. The number of fused-ring (bicyclic) bond motifs is 1. The molecule has 0 bridgehead atoms. The van der Waals surface area contributed by atoms with Crippen molar-refractivity contribution in [2.24, 2.45) is 0 Å². The maximum Gasteiger partial charge on any atom is 0.241 e. The first kappa shape index (κ1) is 38.9. The third kappa shape index (κ3) is 13.7. The van der Waals surface area contributed by atoms with Crippen molar-refractivity contribution in [1.82, 2.24) is 9.29 Å². The molecule has 0 aliphatic heterocycles. The lowest BCUT2D eigenvalue weighted by Gasteiger charge is -2.20. The third-order valence-corrected chi connectivity index (χ3v) is 11.7. The number of sulfonamides is 1. The Bertz CT molecular complexity index is 1560. The van der Waals surface area contributed by atoms with Crippen LogP contribution in [0.3, 0.4) is 0 Å². The minimum Gasteiger partial charge on any atom is -0.347 e. The van der Waals surface area contributed by atoms with Crippen LogP contribution >= 0.6 is 0 Å². The number of aromatic nitrogens is 1. The number of nitrogens with zero attached hydrogens (tertiary/aromatic N) is 1. The summed E-state index contributed by atoms with van der Waals surface area (Å²) < 4.78 is 32.1. The lowest BCUT2D eigenvalue weighted by Crippen LogP contribution is -2.29. The molecule has 49 heavy (non-hydrogen) atoms. The van der Waals surface area contributed by atoms with Crippen molar-refractivity contribution in [1.29, 1.82) is 0 Å². The third-order valence-electron chi connectivity index (χ3n) is 10.2. The van der Waals surface area contributed by atoms with Crippen molar-refractivity contribution in [3.63, 3.8) is 0 Å². The number of hydrogen-bond acceptors (Lipinski definition) is 2. The molecule has 1 aromatic heterocycles. The Labute approximate surface area is 299 Å². The van der Waals surface area contributed by atoms with Crippen LogP contribution in [-0.2, 0) is 23.0 Å². The van der Waals surface area contributed by atoms with Gasteiger partial charge in [-0.15, -0.1) is 0 Å². The van der Waals surface area contributed by atoms with Crippen LogP contribution in [0, 0.1) is 6.92 Å². The first-order chi connectivity index (χ1) is 24.0. The van der Waals surface area contributed by atoms with E-state index in [4.69, 9.17) is 0 Å². The van der Waals surface area contributed by atoms with Crippen LogP contribution in [-0.4, -0.2) is 13.0 Å². The summed E-state index contributed by atoms with van der Waals surface area (Å²) in [6.45, 7) is 5.31. The van der Waals surface area contributed by atoms with Gasteiger partial charge in [0.25, 0.3) is 0 Å². The number of nitrogens with one attached hydrogen (secondary N) is 1. The summed E-state index contributed by atoms with van der Waals surface area (Å²) in [5.41, 5.74) is 4.57. The van der Waals surface area contributed by atoms with Crippen molar-refractivity contribution in [2.45, 2.75) is 160 Å². The van der Waals surface area contributed by atoms with Crippen LogP contribution in [0.2, 0.25) is 0 Å². The van der Waals surface area contributed by atoms with E-state index in [-0.39, 0.29) is 6.04 Å². The zero-order chi connectivity index (χ0) is 34.6. The molecule has 268 valence electrons. The topological polar surface area (TPSA) is 51.1 Å². The van der Waals surface area contributed by atoms with Crippen LogP contribution in [0.5, 0.6) is 0 Å². The van der Waals surface area contributed by atoms with E-state index in [0.717, 1.165) is 24.1 Å². The molecule has 4 rings (SSSR count). The molecule has 1 unspecified atom stereocenters. The minimum absolute atomic E-state index is 0.304. The van der Waals surface area contributed by atoms with Crippen LogP contribution in [0.25, 0.3) is 10.9 Å². The maximum atomic E-state index is 13.3. The van der Waals surface area contributed by atoms with Gasteiger partial charge in [0, 0.05) is 29.7 Å². The van der Waals surface area contributed by atoms with E-state index in [0.29, 0.717) is 11.3 Å². The molecule has 1 heterocycles. The second-order valence-corrected chi connectivity index (χ2v) is 16.0. The van der Waals surface area contributed by atoms with E-state index in [1.54, 1.807) is 12.1 Å². The summed E-state index contributed by atoms with van der Waals surface area (Å²) in [4.78, 5) is 0.304. The fourth-order valence-electron chi connectivity index (χ4n) is 7.14.